The number of halogens is 3. The largest absolute Gasteiger partial charge is 0.418 e. The highest BCUT2D eigenvalue weighted by molar-refractivity contribution is 5.58. The molecule has 0 radical (unpaired) electrons. The zero-order valence-corrected chi connectivity index (χ0v) is 22.5. The number of rotatable bonds is 6. The highest BCUT2D eigenvalue weighted by Gasteiger charge is 2.61. The minimum Gasteiger partial charge on any atom is -0.380 e. The molecule has 1 spiro atoms. The normalized spacial score (nSPS) is 20.7. The lowest BCUT2D eigenvalue weighted by atomic mass is 9.49. The van der Waals surface area contributed by atoms with Crippen LogP contribution >= 0.6 is 0 Å². The van der Waals surface area contributed by atoms with Crippen molar-refractivity contribution in [3.8, 4) is 5.69 Å². The monoisotopic (exact) mass is 552 g/mol. The summed E-state index contributed by atoms with van der Waals surface area (Å²) in [6, 6.07) is 8.65. The van der Waals surface area contributed by atoms with Gasteiger partial charge in [-0.25, -0.2) is 4.79 Å². The molecule has 2 aliphatic carbocycles. The molecule has 1 aliphatic heterocycles. The van der Waals surface area contributed by atoms with Crippen molar-refractivity contribution >= 4 is 5.52 Å². The van der Waals surface area contributed by atoms with Crippen molar-refractivity contribution in [3.05, 3.63) is 82.1 Å². The molecule has 210 valence electrons. The van der Waals surface area contributed by atoms with Gasteiger partial charge in [-0.15, -0.1) is 10.2 Å². The summed E-state index contributed by atoms with van der Waals surface area (Å²) in [4.78, 5) is 13.6. The Bertz CT molecular complexity index is 1670. The molecule has 1 saturated heterocycles. The van der Waals surface area contributed by atoms with E-state index in [0.29, 0.717) is 24.5 Å². The summed E-state index contributed by atoms with van der Waals surface area (Å²) in [6.45, 7) is 3.74. The van der Waals surface area contributed by atoms with Crippen molar-refractivity contribution in [2.75, 3.05) is 13.2 Å². The van der Waals surface area contributed by atoms with Gasteiger partial charge in [-0.2, -0.15) is 13.2 Å². The summed E-state index contributed by atoms with van der Waals surface area (Å²) >= 11 is 0. The van der Waals surface area contributed by atoms with E-state index in [0.717, 1.165) is 54.0 Å². The number of aryl methyl sites for hydroxylation is 1. The number of benzene rings is 1. The van der Waals surface area contributed by atoms with E-state index in [2.05, 4.69) is 22.4 Å². The molecule has 8 nitrogen and oxygen atoms in total. The van der Waals surface area contributed by atoms with E-state index in [1.165, 1.54) is 17.0 Å². The molecule has 4 aromatic rings. The average molecular weight is 553 g/mol. The molecule has 0 amide bonds. The zero-order chi connectivity index (χ0) is 27.9. The van der Waals surface area contributed by atoms with E-state index < -0.39 is 22.8 Å². The van der Waals surface area contributed by atoms with Crippen molar-refractivity contribution in [1.29, 1.82) is 0 Å². The lowest BCUT2D eigenvalue weighted by Gasteiger charge is -2.59. The maximum Gasteiger partial charge on any atom is 0.418 e. The molecular formula is C29H31F3N6O2. The van der Waals surface area contributed by atoms with Crippen molar-refractivity contribution in [3.63, 3.8) is 0 Å². The molecule has 3 aromatic heterocycles. The molecule has 2 saturated carbocycles. The number of hydrogen-bond donors (Lipinski definition) is 1. The van der Waals surface area contributed by atoms with E-state index in [9.17, 15) is 18.0 Å². The second-order valence-corrected chi connectivity index (χ2v) is 12.3. The van der Waals surface area contributed by atoms with Gasteiger partial charge in [0.05, 0.1) is 35.4 Å². The Balaban J connectivity index is 1.31. The van der Waals surface area contributed by atoms with Crippen LogP contribution in [-0.2, 0) is 29.9 Å². The number of pyridine rings is 1. The van der Waals surface area contributed by atoms with Gasteiger partial charge < -0.3 is 14.6 Å². The van der Waals surface area contributed by atoms with Crippen LogP contribution in [0.4, 0.5) is 13.2 Å². The number of fused-ring (bicyclic) bond motifs is 1. The van der Waals surface area contributed by atoms with Gasteiger partial charge in [0.15, 0.2) is 0 Å². The fourth-order valence-electron chi connectivity index (χ4n) is 6.94. The van der Waals surface area contributed by atoms with Crippen LogP contribution in [0.2, 0.25) is 0 Å². The van der Waals surface area contributed by atoms with Crippen LogP contribution in [0.15, 0.2) is 53.8 Å². The van der Waals surface area contributed by atoms with E-state index >= 15 is 0 Å². The summed E-state index contributed by atoms with van der Waals surface area (Å²) < 4.78 is 52.5. The van der Waals surface area contributed by atoms with Gasteiger partial charge in [-0.05, 0) is 68.4 Å². The van der Waals surface area contributed by atoms with Crippen LogP contribution < -0.4 is 11.0 Å². The van der Waals surface area contributed by atoms with Crippen LogP contribution in [0.25, 0.3) is 11.2 Å². The maximum absolute atomic E-state index is 14.2. The van der Waals surface area contributed by atoms with Crippen molar-refractivity contribution < 1.29 is 17.9 Å². The Morgan fingerprint density at radius 1 is 1.12 bits per heavy atom. The molecule has 11 heteroatoms. The van der Waals surface area contributed by atoms with Gasteiger partial charge in [0, 0.05) is 36.9 Å². The Hall–Kier alpha value is -3.44. The molecule has 3 fully saturated rings. The number of nitrogens with one attached hydrogen (secondary N) is 1. The number of imidazole rings is 1. The molecule has 1 N–H and O–H groups in total. The Kier molecular flexibility index (Phi) is 5.44. The maximum atomic E-state index is 14.2. The lowest BCUT2D eigenvalue weighted by Crippen LogP contribution is -2.60. The Labute approximate surface area is 228 Å². The van der Waals surface area contributed by atoms with E-state index in [-0.39, 0.29) is 23.0 Å². The fourth-order valence-corrected chi connectivity index (χ4v) is 6.94. The molecule has 0 atom stereocenters. The van der Waals surface area contributed by atoms with Gasteiger partial charge in [-0.1, -0.05) is 12.1 Å². The van der Waals surface area contributed by atoms with E-state index in [4.69, 9.17) is 4.74 Å². The number of ether oxygens (including phenoxy) is 1. The average Bonchev–Trinajstić information content (AvgIpc) is 3.43. The van der Waals surface area contributed by atoms with Gasteiger partial charge in [0.25, 0.3) is 0 Å². The minimum absolute atomic E-state index is 0.0743. The second kappa shape index (κ2) is 8.53. The molecule has 0 bridgehead atoms. The van der Waals surface area contributed by atoms with Crippen LogP contribution in [-0.4, -0.2) is 42.5 Å². The van der Waals surface area contributed by atoms with Gasteiger partial charge >= 0.3 is 11.9 Å². The second-order valence-electron chi connectivity index (χ2n) is 12.3. The van der Waals surface area contributed by atoms with E-state index in [1.54, 1.807) is 12.4 Å². The number of nitrogens with zero attached hydrogens (tertiary/aromatic N) is 5. The highest BCUT2D eigenvalue weighted by Crippen LogP contribution is 2.61. The Morgan fingerprint density at radius 3 is 2.50 bits per heavy atom. The van der Waals surface area contributed by atoms with Crippen LogP contribution in [0.1, 0.15) is 61.5 Å². The molecule has 1 aromatic carbocycles. The topological polar surface area (TPSA) is 78.4 Å². The quantitative estimate of drug-likeness (QED) is 0.385. The SMILES string of the molecule is Cn1cnnc1C1(c2cccc(-n3cc4c(C(F)(F)F)cc(CNC5(C)CCC5)cn4c3=O)c2)CC2(COC2)C1. The predicted molar refractivity (Wildman–Crippen MR) is 141 cm³/mol. The summed E-state index contributed by atoms with van der Waals surface area (Å²) in [7, 11) is 1.91. The third-order valence-electron chi connectivity index (χ3n) is 9.29. The summed E-state index contributed by atoms with van der Waals surface area (Å²) in [6.07, 6.45) is 4.61. The smallest absolute Gasteiger partial charge is 0.380 e. The number of hydrogen-bond acceptors (Lipinski definition) is 5. The number of aromatic nitrogens is 5. The minimum atomic E-state index is -4.61. The van der Waals surface area contributed by atoms with Crippen LogP contribution in [0, 0.1) is 5.41 Å². The van der Waals surface area contributed by atoms with Gasteiger partial charge in [0.2, 0.25) is 0 Å². The highest BCUT2D eigenvalue weighted by atomic mass is 19.4. The standard InChI is InChI=1S/C29H31F3N6O2/c1-26(7-4-8-26)33-11-19-9-22(29(30,31)32)23-13-37(25(39)38(23)12-19)21-6-3-5-20(10-21)28(24-35-34-18-36(24)2)14-27(15-28)16-40-17-27/h3,5-6,9-10,12-13,18,33H,4,7-8,11,14-17H2,1-2H3. The van der Waals surface area contributed by atoms with Crippen molar-refractivity contribution in [1.82, 2.24) is 29.0 Å². The Morgan fingerprint density at radius 2 is 1.90 bits per heavy atom. The molecule has 40 heavy (non-hydrogen) atoms. The molecule has 7 rings (SSSR count). The summed E-state index contributed by atoms with van der Waals surface area (Å²) in [5.74, 6) is 0.827. The van der Waals surface area contributed by atoms with Crippen LogP contribution in [0.3, 0.4) is 0 Å². The lowest BCUT2D eigenvalue weighted by molar-refractivity contribution is -0.182. The summed E-state index contributed by atoms with van der Waals surface area (Å²) in [5, 5.41) is 11.9. The van der Waals surface area contributed by atoms with E-state index in [1.807, 2.05) is 29.8 Å². The number of alkyl halides is 3. The van der Waals surface area contributed by atoms with Gasteiger partial charge in [0.1, 0.15) is 12.2 Å². The molecular weight excluding hydrogens is 521 g/mol. The third-order valence-corrected chi connectivity index (χ3v) is 9.29. The first-order valence-electron chi connectivity index (χ1n) is 13.6. The zero-order valence-electron chi connectivity index (χ0n) is 22.5. The first-order chi connectivity index (χ1) is 19.0. The fraction of sp³-hybridized carbons (Fsp3) is 0.483. The summed E-state index contributed by atoms with van der Waals surface area (Å²) in [5.41, 5.74) is -0.0331. The first-order valence-corrected chi connectivity index (χ1v) is 13.6. The predicted octanol–water partition coefficient (Wildman–Crippen LogP) is 4.37. The van der Waals surface area contributed by atoms with Crippen LogP contribution in [0.5, 0.6) is 0 Å². The van der Waals surface area contributed by atoms with Crippen molar-refractivity contribution in [2.45, 2.75) is 62.7 Å². The molecule has 4 heterocycles. The molecule has 0 unspecified atom stereocenters. The van der Waals surface area contributed by atoms with Gasteiger partial charge in [-0.3, -0.25) is 8.97 Å². The first kappa shape index (κ1) is 25.5. The van der Waals surface area contributed by atoms with Crippen molar-refractivity contribution in [2.24, 2.45) is 12.5 Å². The third kappa shape index (κ3) is 3.85. The molecule has 3 aliphatic rings.